The van der Waals surface area contributed by atoms with Gasteiger partial charge in [0.05, 0.1) is 12.7 Å². The maximum atomic E-state index is 11.9. The molecule has 1 fully saturated rings. The second-order valence-electron chi connectivity index (χ2n) is 7.84. The van der Waals surface area contributed by atoms with Gasteiger partial charge in [-0.1, -0.05) is 13.3 Å². The second kappa shape index (κ2) is 8.50. The van der Waals surface area contributed by atoms with Crippen LogP contribution in [0, 0.1) is 5.92 Å². The fourth-order valence-electron chi connectivity index (χ4n) is 3.48. The lowest BCUT2D eigenvalue weighted by Gasteiger charge is -2.26. The van der Waals surface area contributed by atoms with E-state index < -0.39 is 0 Å². The summed E-state index contributed by atoms with van der Waals surface area (Å²) in [6.07, 6.45) is 9.89. The Labute approximate surface area is 185 Å². The molecule has 1 aliphatic heterocycles. The minimum absolute atomic E-state index is 0.127. The van der Waals surface area contributed by atoms with Gasteiger partial charge in [-0.15, -0.1) is 0 Å². The first kappa shape index (κ1) is 19.7. The minimum atomic E-state index is 0.127. The fourth-order valence-corrected chi connectivity index (χ4v) is 4.35. The van der Waals surface area contributed by atoms with Crippen LogP contribution in [0.4, 0.5) is 11.5 Å². The van der Waals surface area contributed by atoms with E-state index in [9.17, 15) is 4.79 Å². The molecular formula is C22H25N7OS. The standard InChI is InChI=1S/C22H25N7OS/c1-2-3-17-12-19(27-26-17)25-21-14-28(13-20-23-10-11-29(20)21)31-18-8-6-16(7-9-18)24-22(30)15-4-5-15/h6-12,14-15H,2-5,13H2,1H3,(H,24,30)(H2,25,26,27). The predicted molar refractivity (Wildman–Crippen MR) is 122 cm³/mol. The van der Waals surface area contributed by atoms with Gasteiger partial charge in [0, 0.05) is 40.7 Å². The van der Waals surface area contributed by atoms with Crippen LogP contribution in [0.5, 0.6) is 0 Å². The van der Waals surface area contributed by atoms with Crippen LogP contribution in [0.15, 0.2) is 53.8 Å². The Morgan fingerprint density at radius 1 is 1.29 bits per heavy atom. The highest BCUT2D eigenvalue weighted by molar-refractivity contribution is 7.97. The maximum Gasteiger partial charge on any atom is 0.227 e. The van der Waals surface area contributed by atoms with Gasteiger partial charge < -0.3 is 14.9 Å². The molecule has 0 unspecified atom stereocenters. The zero-order chi connectivity index (χ0) is 21.2. The molecule has 1 amide bonds. The Morgan fingerprint density at radius 2 is 2.13 bits per heavy atom. The average Bonchev–Trinajstić information content (AvgIpc) is 3.36. The number of amides is 1. The molecule has 2 aliphatic rings. The molecule has 0 spiro atoms. The number of rotatable bonds is 8. The van der Waals surface area contributed by atoms with Gasteiger partial charge in [-0.2, -0.15) is 5.10 Å². The molecule has 3 N–H and O–H groups in total. The number of aryl methyl sites for hydroxylation is 1. The van der Waals surface area contributed by atoms with E-state index in [0.717, 1.165) is 59.4 Å². The van der Waals surface area contributed by atoms with E-state index in [2.05, 4.69) is 43.2 Å². The number of benzene rings is 1. The summed E-state index contributed by atoms with van der Waals surface area (Å²) in [6, 6.07) is 10.0. The molecular weight excluding hydrogens is 410 g/mol. The highest BCUT2D eigenvalue weighted by Crippen LogP contribution is 2.32. The highest BCUT2D eigenvalue weighted by atomic mass is 32.2. The van der Waals surface area contributed by atoms with Crippen molar-refractivity contribution in [3.8, 4) is 0 Å². The molecule has 9 heteroatoms. The summed E-state index contributed by atoms with van der Waals surface area (Å²) in [4.78, 5) is 17.5. The van der Waals surface area contributed by atoms with Gasteiger partial charge in [0.2, 0.25) is 5.91 Å². The maximum absolute atomic E-state index is 11.9. The van der Waals surface area contributed by atoms with Crippen LogP contribution in [0.2, 0.25) is 0 Å². The molecule has 1 aromatic carbocycles. The number of carbonyl (C=O) groups is 1. The summed E-state index contributed by atoms with van der Waals surface area (Å²) in [5.41, 5.74) is 1.96. The molecule has 5 rings (SSSR count). The lowest BCUT2D eigenvalue weighted by atomic mass is 10.2. The summed E-state index contributed by atoms with van der Waals surface area (Å²) in [5.74, 6) is 2.97. The molecule has 0 bridgehead atoms. The van der Waals surface area contributed by atoms with Crippen molar-refractivity contribution in [2.45, 2.75) is 44.0 Å². The summed E-state index contributed by atoms with van der Waals surface area (Å²) in [5, 5.41) is 13.8. The molecule has 0 atom stereocenters. The van der Waals surface area contributed by atoms with E-state index in [4.69, 9.17) is 0 Å². The van der Waals surface area contributed by atoms with Crippen molar-refractivity contribution in [3.63, 3.8) is 0 Å². The minimum Gasteiger partial charge on any atom is -0.326 e. The van der Waals surface area contributed by atoms with Gasteiger partial charge in [0.25, 0.3) is 0 Å². The zero-order valence-corrected chi connectivity index (χ0v) is 18.2. The number of aromatic amines is 1. The molecule has 0 saturated heterocycles. The van der Waals surface area contributed by atoms with Crippen LogP contribution in [0.3, 0.4) is 0 Å². The monoisotopic (exact) mass is 435 g/mol. The SMILES string of the molecule is CCCc1cc(NC2=CN(Sc3ccc(NC(=O)C4CC4)cc3)Cc3nccn32)n[nH]1. The first-order valence-corrected chi connectivity index (χ1v) is 11.4. The van der Waals surface area contributed by atoms with E-state index in [-0.39, 0.29) is 11.8 Å². The smallest absolute Gasteiger partial charge is 0.227 e. The third-order valence-electron chi connectivity index (χ3n) is 5.24. The van der Waals surface area contributed by atoms with Crippen molar-refractivity contribution >= 4 is 35.2 Å². The second-order valence-corrected chi connectivity index (χ2v) is 8.96. The molecule has 2 aromatic heterocycles. The Morgan fingerprint density at radius 3 is 2.90 bits per heavy atom. The van der Waals surface area contributed by atoms with Gasteiger partial charge in [0.1, 0.15) is 11.6 Å². The van der Waals surface area contributed by atoms with Crippen molar-refractivity contribution in [3.05, 3.63) is 60.4 Å². The molecule has 1 saturated carbocycles. The van der Waals surface area contributed by atoms with Gasteiger partial charge in [-0.3, -0.25) is 14.5 Å². The first-order chi connectivity index (χ1) is 15.2. The van der Waals surface area contributed by atoms with Crippen molar-refractivity contribution in [2.24, 2.45) is 5.92 Å². The van der Waals surface area contributed by atoms with E-state index in [1.54, 1.807) is 11.9 Å². The van der Waals surface area contributed by atoms with E-state index in [1.165, 1.54) is 0 Å². The number of hydrogen-bond acceptors (Lipinski definition) is 6. The largest absolute Gasteiger partial charge is 0.326 e. The summed E-state index contributed by atoms with van der Waals surface area (Å²) in [6.45, 7) is 2.84. The van der Waals surface area contributed by atoms with Gasteiger partial charge in [-0.25, -0.2) is 4.98 Å². The Hall–Kier alpha value is -3.20. The van der Waals surface area contributed by atoms with Crippen LogP contribution in [0.25, 0.3) is 5.82 Å². The number of hydrogen-bond donors (Lipinski definition) is 3. The van der Waals surface area contributed by atoms with E-state index in [1.807, 2.05) is 47.3 Å². The first-order valence-electron chi connectivity index (χ1n) is 10.6. The highest BCUT2D eigenvalue weighted by Gasteiger charge is 2.29. The van der Waals surface area contributed by atoms with Gasteiger partial charge in [0.15, 0.2) is 5.82 Å². The number of fused-ring (bicyclic) bond motifs is 1. The van der Waals surface area contributed by atoms with Crippen LogP contribution in [-0.2, 0) is 17.8 Å². The molecule has 3 aromatic rings. The van der Waals surface area contributed by atoms with Crippen LogP contribution in [0.1, 0.15) is 37.7 Å². The fraction of sp³-hybridized carbons (Fsp3) is 0.318. The average molecular weight is 436 g/mol. The third-order valence-corrected chi connectivity index (χ3v) is 6.19. The van der Waals surface area contributed by atoms with Crippen molar-refractivity contribution < 1.29 is 4.79 Å². The number of nitrogens with zero attached hydrogens (tertiary/aromatic N) is 4. The normalized spacial score (nSPS) is 15.4. The van der Waals surface area contributed by atoms with Gasteiger partial charge in [-0.05, 0) is 55.5 Å². The van der Waals surface area contributed by atoms with Crippen molar-refractivity contribution in [1.29, 1.82) is 0 Å². The number of imidazole rings is 1. The van der Waals surface area contributed by atoms with Gasteiger partial charge >= 0.3 is 0 Å². The molecule has 31 heavy (non-hydrogen) atoms. The van der Waals surface area contributed by atoms with E-state index >= 15 is 0 Å². The number of carbonyl (C=O) groups excluding carboxylic acids is 1. The van der Waals surface area contributed by atoms with Crippen LogP contribution in [-0.4, -0.2) is 30.0 Å². The van der Waals surface area contributed by atoms with Crippen molar-refractivity contribution in [1.82, 2.24) is 24.1 Å². The number of H-pyrrole nitrogens is 1. The van der Waals surface area contributed by atoms with Crippen LogP contribution >= 0.6 is 11.9 Å². The quantitative estimate of drug-likeness (QED) is 0.457. The van der Waals surface area contributed by atoms with E-state index in [0.29, 0.717) is 6.54 Å². The Bertz CT molecular complexity index is 1100. The molecule has 8 nitrogen and oxygen atoms in total. The molecule has 1 aliphatic carbocycles. The predicted octanol–water partition coefficient (Wildman–Crippen LogP) is 4.30. The Kier molecular flexibility index (Phi) is 5.42. The topological polar surface area (TPSA) is 90.9 Å². The zero-order valence-electron chi connectivity index (χ0n) is 17.3. The third kappa shape index (κ3) is 4.61. The summed E-state index contributed by atoms with van der Waals surface area (Å²) in [7, 11) is 0. The number of anilines is 2. The lowest BCUT2D eigenvalue weighted by Crippen LogP contribution is -2.23. The number of nitrogens with one attached hydrogen (secondary N) is 3. The molecule has 0 radical (unpaired) electrons. The molecule has 160 valence electrons. The van der Waals surface area contributed by atoms with Crippen LogP contribution < -0.4 is 10.6 Å². The lowest BCUT2D eigenvalue weighted by molar-refractivity contribution is -0.117. The van der Waals surface area contributed by atoms with Crippen molar-refractivity contribution in [2.75, 3.05) is 10.6 Å². The number of aromatic nitrogens is 4. The Balaban J connectivity index is 1.28. The molecule has 3 heterocycles. The summed E-state index contributed by atoms with van der Waals surface area (Å²) < 4.78 is 4.18. The summed E-state index contributed by atoms with van der Waals surface area (Å²) >= 11 is 1.63.